The summed E-state index contributed by atoms with van der Waals surface area (Å²) in [5, 5.41) is 1.05. The Hall–Kier alpha value is -0.930. The van der Waals surface area contributed by atoms with Crippen LogP contribution in [0.5, 0.6) is 5.75 Å². The molecule has 0 fully saturated rings. The van der Waals surface area contributed by atoms with Crippen LogP contribution in [0.1, 0.15) is 0 Å². The number of hydrogen-bond donors (Lipinski definition) is 0. The standard InChI is InChI=1S/C14H8Cl4O2/c15-9-3-1-8(2-4-9)11-6-5-10(16)7-12(11)20-14(19)13(17)18/h1-7,13H. The highest BCUT2D eigenvalue weighted by Gasteiger charge is 2.17. The second kappa shape index (κ2) is 6.68. The first-order valence-electron chi connectivity index (χ1n) is 5.52. The molecule has 0 unspecified atom stereocenters. The first kappa shape index (κ1) is 15.5. The number of halogens is 4. The third kappa shape index (κ3) is 3.80. The van der Waals surface area contributed by atoms with Crippen molar-refractivity contribution in [2.75, 3.05) is 0 Å². The molecule has 104 valence electrons. The van der Waals surface area contributed by atoms with E-state index in [4.69, 9.17) is 51.1 Å². The fourth-order valence-corrected chi connectivity index (χ4v) is 1.98. The van der Waals surface area contributed by atoms with Crippen LogP contribution in [0.25, 0.3) is 11.1 Å². The quantitative estimate of drug-likeness (QED) is 0.423. The summed E-state index contributed by atoms with van der Waals surface area (Å²) in [5.41, 5.74) is 1.52. The number of rotatable bonds is 3. The summed E-state index contributed by atoms with van der Waals surface area (Å²) >= 11 is 22.7. The fraction of sp³-hybridized carbons (Fsp3) is 0.0714. The number of carbonyl (C=O) groups excluding carboxylic acids is 1. The Morgan fingerprint density at radius 1 is 0.950 bits per heavy atom. The monoisotopic (exact) mass is 348 g/mol. The number of carbonyl (C=O) groups is 1. The zero-order chi connectivity index (χ0) is 14.7. The van der Waals surface area contributed by atoms with Gasteiger partial charge in [0.2, 0.25) is 4.84 Å². The van der Waals surface area contributed by atoms with Crippen molar-refractivity contribution in [3.05, 3.63) is 52.5 Å². The Balaban J connectivity index is 2.42. The van der Waals surface area contributed by atoms with E-state index in [2.05, 4.69) is 0 Å². The molecule has 0 bridgehead atoms. The summed E-state index contributed by atoms with van der Waals surface area (Å²) in [5.74, 6) is -0.470. The lowest BCUT2D eigenvalue weighted by atomic mass is 10.0. The van der Waals surface area contributed by atoms with Gasteiger partial charge in [-0.25, -0.2) is 4.79 Å². The third-order valence-electron chi connectivity index (χ3n) is 2.49. The summed E-state index contributed by atoms with van der Waals surface area (Å²) in [4.78, 5) is 10.3. The van der Waals surface area contributed by atoms with Crippen LogP contribution in [0, 0.1) is 0 Å². The van der Waals surface area contributed by atoms with Crippen molar-refractivity contribution in [1.29, 1.82) is 0 Å². The zero-order valence-electron chi connectivity index (χ0n) is 9.95. The van der Waals surface area contributed by atoms with Crippen LogP contribution >= 0.6 is 46.4 Å². The van der Waals surface area contributed by atoms with Gasteiger partial charge in [-0.15, -0.1) is 0 Å². The average Bonchev–Trinajstić information content (AvgIpc) is 2.40. The molecule has 2 nitrogen and oxygen atoms in total. The molecule has 0 N–H and O–H groups in total. The molecule has 6 heteroatoms. The van der Waals surface area contributed by atoms with Crippen LogP contribution < -0.4 is 4.74 Å². The number of alkyl halides is 2. The summed E-state index contributed by atoms with van der Waals surface area (Å²) < 4.78 is 5.15. The summed E-state index contributed by atoms with van der Waals surface area (Å²) in [6.45, 7) is 0. The molecule has 0 saturated heterocycles. The predicted molar refractivity (Wildman–Crippen MR) is 83.0 cm³/mol. The van der Waals surface area contributed by atoms with Gasteiger partial charge in [0.15, 0.2) is 0 Å². The maximum absolute atomic E-state index is 11.5. The van der Waals surface area contributed by atoms with Crippen molar-refractivity contribution in [2.45, 2.75) is 4.84 Å². The number of esters is 1. The number of hydrogen-bond acceptors (Lipinski definition) is 2. The van der Waals surface area contributed by atoms with E-state index in [1.54, 1.807) is 24.3 Å². The van der Waals surface area contributed by atoms with Gasteiger partial charge in [-0.05, 0) is 29.8 Å². The van der Waals surface area contributed by atoms with E-state index in [-0.39, 0.29) is 5.75 Å². The molecule has 2 aromatic rings. The van der Waals surface area contributed by atoms with Crippen LogP contribution in [0.2, 0.25) is 10.0 Å². The molecule has 0 radical (unpaired) electrons. The second-order valence-electron chi connectivity index (χ2n) is 3.87. The molecule has 0 heterocycles. The normalized spacial score (nSPS) is 10.7. The summed E-state index contributed by atoms with van der Waals surface area (Å²) in [6, 6.07) is 12.1. The molecule has 20 heavy (non-hydrogen) atoms. The molecule has 0 saturated carbocycles. The highest BCUT2D eigenvalue weighted by Crippen LogP contribution is 2.33. The van der Waals surface area contributed by atoms with Crippen molar-refractivity contribution < 1.29 is 9.53 Å². The molecule has 0 atom stereocenters. The van der Waals surface area contributed by atoms with E-state index in [0.29, 0.717) is 15.6 Å². The maximum Gasteiger partial charge on any atom is 0.344 e. The summed E-state index contributed by atoms with van der Waals surface area (Å²) in [6.07, 6.45) is 0. The molecule has 2 rings (SSSR count). The van der Waals surface area contributed by atoms with Gasteiger partial charge in [-0.1, -0.05) is 58.5 Å². The lowest BCUT2D eigenvalue weighted by molar-refractivity contribution is -0.132. The Bertz CT molecular complexity index is 624. The minimum absolute atomic E-state index is 0.288. The Morgan fingerprint density at radius 2 is 1.55 bits per heavy atom. The minimum Gasteiger partial charge on any atom is -0.424 e. The molecule has 0 aliphatic heterocycles. The zero-order valence-corrected chi connectivity index (χ0v) is 13.0. The molecule has 0 aliphatic carbocycles. The second-order valence-corrected chi connectivity index (χ2v) is 5.84. The lowest BCUT2D eigenvalue weighted by Gasteiger charge is -2.11. The van der Waals surface area contributed by atoms with Gasteiger partial charge in [0.05, 0.1) is 0 Å². The van der Waals surface area contributed by atoms with Crippen molar-refractivity contribution in [1.82, 2.24) is 0 Å². The maximum atomic E-state index is 11.5. The van der Waals surface area contributed by atoms with Gasteiger partial charge >= 0.3 is 5.97 Å². The number of ether oxygens (including phenoxy) is 1. The van der Waals surface area contributed by atoms with E-state index in [0.717, 1.165) is 5.56 Å². The Labute approximate surface area is 136 Å². The van der Waals surface area contributed by atoms with Gasteiger partial charge in [-0.2, -0.15) is 0 Å². The SMILES string of the molecule is O=C(Oc1cc(Cl)ccc1-c1ccc(Cl)cc1)C(Cl)Cl. The molecule has 2 aromatic carbocycles. The van der Waals surface area contributed by atoms with Gasteiger partial charge in [-0.3, -0.25) is 0 Å². The van der Waals surface area contributed by atoms with Crippen LogP contribution in [0.15, 0.2) is 42.5 Å². The van der Waals surface area contributed by atoms with E-state index in [1.165, 1.54) is 6.07 Å². The lowest BCUT2D eigenvalue weighted by Crippen LogP contribution is -2.16. The molecule has 0 amide bonds. The topological polar surface area (TPSA) is 26.3 Å². The highest BCUT2D eigenvalue weighted by atomic mass is 35.5. The Kier molecular flexibility index (Phi) is 5.17. The fourth-order valence-electron chi connectivity index (χ4n) is 1.60. The third-order valence-corrected chi connectivity index (χ3v) is 3.33. The van der Waals surface area contributed by atoms with Crippen LogP contribution in [0.4, 0.5) is 0 Å². The van der Waals surface area contributed by atoms with Crippen LogP contribution in [-0.2, 0) is 4.79 Å². The molecule has 0 aliphatic rings. The largest absolute Gasteiger partial charge is 0.424 e. The first-order valence-corrected chi connectivity index (χ1v) is 7.15. The molecular weight excluding hydrogens is 342 g/mol. The minimum atomic E-state index is -1.26. The van der Waals surface area contributed by atoms with Crippen LogP contribution in [-0.4, -0.2) is 10.8 Å². The van der Waals surface area contributed by atoms with Gasteiger partial charge < -0.3 is 4.74 Å². The average molecular weight is 350 g/mol. The van der Waals surface area contributed by atoms with E-state index < -0.39 is 10.8 Å². The Morgan fingerprint density at radius 3 is 2.15 bits per heavy atom. The molecule has 0 spiro atoms. The summed E-state index contributed by atoms with van der Waals surface area (Å²) in [7, 11) is 0. The van der Waals surface area contributed by atoms with E-state index >= 15 is 0 Å². The van der Waals surface area contributed by atoms with Crippen molar-refractivity contribution >= 4 is 52.4 Å². The van der Waals surface area contributed by atoms with Crippen molar-refractivity contribution in [2.24, 2.45) is 0 Å². The smallest absolute Gasteiger partial charge is 0.344 e. The predicted octanol–water partition coefficient (Wildman–Crippen LogP) is 5.37. The van der Waals surface area contributed by atoms with Gasteiger partial charge in [0, 0.05) is 21.7 Å². The van der Waals surface area contributed by atoms with E-state index in [9.17, 15) is 4.79 Å². The van der Waals surface area contributed by atoms with Crippen LogP contribution in [0.3, 0.4) is 0 Å². The number of benzene rings is 2. The van der Waals surface area contributed by atoms with Crippen molar-refractivity contribution in [3.63, 3.8) is 0 Å². The van der Waals surface area contributed by atoms with Gasteiger partial charge in [0.1, 0.15) is 5.75 Å². The van der Waals surface area contributed by atoms with E-state index in [1.807, 2.05) is 12.1 Å². The van der Waals surface area contributed by atoms with Crippen molar-refractivity contribution in [3.8, 4) is 16.9 Å². The first-order chi connectivity index (χ1) is 9.47. The highest BCUT2D eigenvalue weighted by molar-refractivity contribution is 6.53. The molecule has 0 aromatic heterocycles. The van der Waals surface area contributed by atoms with Gasteiger partial charge in [0.25, 0.3) is 0 Å². The molecular formula is C14H8Cl4O2.